The zero-order valence-corrected chi connectivity index (χ0v) is 22.3. The van der Waals surface area contributed by atoms with Gasteiger partial charge in [-0.3, -0.25) is 0 Å². The second kappa shape index (κ2) is 7.10. The van der Waals surface area contributed by atoms with E-state index in [0.29, 0.717) is 0 Å². The van der Waals surface area contributed by atoms with Gasteiger partial charge < -0.3 is 0 Å². The maximum absolute atomic E-state index is 2.48. The smallest absolute Gasteiger partial charge is 0.00102 e. The van der Waals surface area contributed by atoms with Crippen LogP contribution < -0.4 is 0 Å². The van der Waals surface area contributed by atoms with Crippen LogP contribution in [-0.4, -0.2) is 0 Å². The zero-order chi connectivity index (χ0) is 25.0. The van der Waals surface area contributed by atoms with Crippen molar-refractivity contribution in [2.45, 2.75) is 65.2 Å². The van der Waals surface area contributed by atoms with Crippen LogP contribution in [0.4, 0.5) is 0 Å². The van der Waals surface area contributed by atoms with E-state index in [1.54, 1.807) is 0 Å². The van der Waals surface area contributed by atoms with Crippen molar-refractivity contribution >= 4 is 21.5 Å². The fraction of sp³-hybridized carbons (Fsp3) is 0.278. The van der Waals surface area contributed by atoms with E-state index in [-0.39, 0.29) is 10.8 Å². The van der Waals surface area contributed by atoms with Crippen molar-refractivity contribution in [3.05, 3.63) is 106 Å². The Labute approximate surface area is 215 Å². The van der Waals surface area contributed by atoms with E-state index in [1.807, 2.05) is 0 Å². The van der Waals surface area contributed by atoms with E-state index >= 15 is 0 Å². The first-order valence-electron chi connectivity index (χ1n) is 13.4. The maximum atomic E-state index is 2.48. The van der Waals surface area contributed by atoms with Crippen LogP contribution in [0.3, 0.4) is 0 Å². The van der Waals surface area contributed by atoms with Gasteiger partial charge in [0, 0.05) is 0 Å². The highest BCUT2D eigenvalue weighted by molar-refractivity contribution is 6.06. The molecule has 0 amide bonds. The average Bonchev–Trinajstić information content (AvgIpc) is 2.83. The van der Waals surface area contributed by atoms with Gasteiger partial charge in [-0.05, 0) is 113 Å². The first-order chi connectivity index (χ1) is 17.1. The summed E-state index contributed by atoms with van der Waals surface area (Å²) in [5.74, 6) is 0. The molecule has 0 fully saturated rings. The molecule has 5 aromatic carbocycles. The summed E-state index contributed by atoms with van der Waals surface area (Å²) in [5, 5.41) is 5.66. The van der Waals surface area contributed by atoms with Gasteiger partial charge in [0.2, 0.25) is 0 Å². The van der Waals surface area contributed by atoms with Crippen molar-refractivity contribution in [2.75, 3.05) is 0 Å². The molecule has 2 aliphatic rings. The van der Waals surface area contributed by atoms with E-state index in [1.165, 1.54) is 77.2 Å². The quantitative estimate of drug-likeness (QED) is 0.209. The normalized spacial score (nSPS) is 14.2. The molecule has 0 unspecified atom stereocenters. The Kier molecular flexibility index (Phi) is 4.31. The molecule has 7 rings (SSSR count). The zero-order valence-electron chi connectivity index (χ0n) is 22.3. The lowest BCUT2D eigenvalue weighted by Crippen LogP contribution is -2.14. The fourth-order valence-electron chi connectivity index (χ4n) is 6.58. The van der Waals surface area contributed by atoms with E-state index in [9.17, 15) is 0 Å². The van der Waals surface area contributed by atoms with Crippen molar-refractivity contribution in [2.24, 2.45) is 0 Å². The molecular weight excluding hydrogens is 432 g/mol. The van der Waals surface area contributed by atoms with Gasteiger partial charge in [-0.2, -0.15) is 0 Å². The Morgan fingerprint density at radius 2 is 0.889 bits per heavy atom. The molecule has 2 aliphatic carbocycles. The number of benzene rings is 5. The van der Waals surface area contributed by atoms with Gasteiger partial charge in [0.1, 0.15) is 0 Å². The van der Waals surface area contributed by atoms with Crippen LogP contribution in [0, 0.1) is 0 Å². The Morgan fingerprint density at radius 1 is 0.472 bits per heavy atom. The van der Waals surface area contributed by atoms with Gasteiger partial charge in [0.25, 0.3) is 0 Å². The molecule has 0 N–H and O–H groups in total. The van der Waals surface area contributed by atoms with Gasteiger partial charge in [-0.1, -0.05) is 102 Å². The molecule has 0 nitrogen and oxygen atoms in total. The van der Waals surface area contributed by atoms with E-state index in [2.05, 4.69) is 114 Å². The second-order valence-electron chi connectivity index (χ2n) is 13.0. The molecule has 0 heteroatoms. The minimum atomic E-state index is 0.116. The SMILES string of the molecule is CC(C)(C)c1cc2c3c(cccc3c1)Cc1c-2ccc2c1Cc1cccc3cc(C(C)(C)C)cc-2c13. The monoisotopic (exact) mass is 466 g/mol. The highest BCUT2D eigenvalue weighted by Gasteiger charge is 2.29. The van der Waals surface area contributed by atoms with Crippen molar-refractivity contribution in [3.8, 4) is 22.3 Å². The molecule has 36 heavy (non-hydrogen) atoms. The van der Waals surface area contributed by atoms with Crippen LogP contribution in [0.1, 0.15) is 74.9 Å². The van der Waals surface area contributed by atoms with Crippen molar-refractivity contribution in [3.63, 3.8) is 0 Å². The largest absolute Gasteiger partial charge is 0.0613 e. The van der Waals surface area contributed by atoms with Crippen molar-refractivity contribution in [1.82, 2.24) is 0 Å². The molecular formula is C36H34. The molecule has 0 heterocycles. The Balaban J connectivity index is 1.54. The summed E-state index contributed by atoms with van der Waals surface area (Å²) in [4.78, 5) is 0. The summed E-state index contributed by atoms with van der Waals surface area (Å²) in [6, 6.07) is 28.4. The van der Waals surface area contributed by atoms with Crippen LogP contribution in [-0.2, 0) is 23.7 Å². The molecule has 0 bridgehead atoms. The maximum Gasteiger partial charge on any atom is -0.00102 e. The Hall–Kier alpha value is -3.38. The molecule has 0 aliphatic heterocycles. The summed E-state index contributed by atoms with van der Waals surface area (Å²) in [6.45, 7) is 14.0. The van der Waals surface area contributed by atoms with Gasteiger partial charge in [0.05, 0.1) is 0 Å². The third kappa shape index (κ3) is 3.07. The summed E-state index contributed by atoms with van der Waals surface area (Å²) < 4.78 is 0. The summed E-state index contributed by atoms with van der Waals surface area (Å²) in [6.07, 6.45) is 2.03. The second-order valence-corrected chi connectivity index (χ2v) is 13.0. The first-order valence-corrected chi connectivity index (χ1v) is 13.4. The van der Waals surface area contributed by atoms with Crippen LogP contribution in [0.25, 0.3) is 43.8 Å². The predicted molar refractivity (Wildman–Crippen MR) is 155 cm³/mol. The third-order valence-corrected chi connectivity index (χ3v) is 8.60. The molecule has 0 saturated heterocycles. The highest BCUT2D eigenvalue weighted by atomic mass is 14.3. The van der Waals surface area contributed by atoms with Crippen LogP contribution >= 0.6 is 0 Å². The number of hydrogen-bond donors (Lipinski definition) is 0. The van der Waals surface area contributed by atoms with Gasteiger partial charge in [0.15, 0.2) is 0 Å². The number of fused-ring (bicyclic) bond motifs is 5. The molecule has 0 saturated carbocycles. The van der Waals surface area contributed by atoms with E-state index in [4.69, 9.17) is 0 Å². The van der Waals surface area contributed by atoms with Gasteiger partial charge in [-0.25, -0.2) is 0 Å². The summed E-state index contributed by atoms with van der Waals surface area (Å²) in [5.41, 5.74) is 14.8. The number of rotatable bonds is 0. The third-order valence-electron chi connectivity index (χ3n) is 8.60. The average molecular weight is 467 g/mol. The summed E-state index contributed by atoms with van der Waals surface area (Å²) in [7, 11) is 0. The molecule has 5 aromatic rings. The Morgan fingerprint density at radius 3 is 1.28 bits per heavy atom. The molecule has 178 valence electrons. The lowest BCUT2D eigenvalue weighted by atomic mass is 9.73. The molecule has 0 spiro atoms. The Bertz CT molecular complexity index is 1600. The standard InChI is InChI=1S/C36H34/c1-35(2,3)25-15-21-9-7-11-23-17-29-27(31(19-25)33(21)23)13-14-28-30(29)18-24-12-8-10-22-16-26(36(4,5)6)20-32(28)34(22)24/h7-16,19-20H,17-18H2,1-6H3. The van der Waals surface area contributed by atoms with Crippen LogP contribution in [0.5, 0.6) is 0 Å². The molecule has 0 atom stereocenters. The highest BCUT2D eigenvalue weighted by Crippen LogP contribution is 2.49. The lowest BCUT2D eigenvalue weighted by molar-refractivity contribution is 0.591. The first kappa shape index (κ1) is 21.9. The van der Waals surface area contributed by atoms with Gasteiger partial charge in [-0.15, -0.1) is 0 Å². The van der Waals surface area contributed by atoms with Gasteiger partial charge >= 0.3 is 0 Å². The molecule has 0 radical (unpaired) electrons. The summed E-state index contributed by atoms with van der Waals surface area (Å²) >= 11 is 0. The minimum absolute atomic E-state index is 0.116. The topological polar surface area (TPSA) is 0 Å². The van der Waals surface area contributed by atoms with Crippen LogP contribution in [0.2, 0.25) is 0 Å². The fourth-order valence-corrected chi connectivity index (χ4v) is 6.58. The minimum Gasteiger partial charge on any atom is -0.0613 e. The van der Waals surface area contributed by atoms with Crippen molar-refractivity contribution < 1.29 is 0 Å². The van der Waals surface area contributed by atoms with E-state index < -0.39 is 0 Å². The van der Waals surface area contributed by atoms with Crippen molar-refractivity contribution in [1.29, 1.82) is 0 Å². The predicted octanol–water partition coefficient (Wildman–Crippen LogP) is 9.73. The number of hydrogen-bond acceptors (Lipinski definition) is 0. The molecule has 0 aromatic heterocycles. The lowest BCUT2D eigenvalue weighted by Gasteiger charge is -2.31. The van der Waals surface area contributed by atoms with E-state index in [0.717, 1.165) is 12.8 Å². The van der Waals surface area contributed by atoms with Crippen LogP contribution in [0.15, 0.2) is 72.8 Å².